The number of fused-ring (bicyclic) bond motifs is 2. The molecule has 2 aromatic rings. The van der Waals surface area contributed by atoms with E-state index in [0.717, 1.165) is 36.6 Å². The van der Waals surface area contributed by atoms with Gasteiger partial charge in [0.25, 0.3) is 5.91 Å². The summed E-state index contributed by atoms with van der Waals surface area (Å²) in [4.78, 5) is 27.7. The number of cyclic esters (lactones) is 1. The Morgan fingerprint density at radius 3 is 2.59 bits per heavy atom. The highest BCUT2D eigenvalue weighted by atomic mass is 16.5. The van der Waals surface area contributed by atoms with Crippen molar-refractivity contribution in [3.05, 3.63) is 70.8 Å². The minimum atomic E-state index is -0.304. The third-order valence-electron chi connectivity index (χ3n) is 6.98. The number of carbonyl (C=O) groups excluding carboxylic acids is 2. The molecule has 0 aromatic heterocycles. The molecule has 0 radical (unpaired) electrons. The van der Waals surface area contributed by atoms with Gasteiger partial charge >= 0.3 is 5.97 Å². The molecular formula is C25H27NO3. The molecule has 4 nitrogen and oxygen atoms in total. The van der Waals surface area contributed by atoms with E-state index >= 15 is 0 Å². The van der Waals surface area contributed by atoms with Gasteiger partial charge in [-0.15, -0.1) is 0 Å². The Bertz CT molecular complexity index is 923. The summed E-state index contributed by atoms with van der Waals surface area (Å²) in [5.41, 5.74) is 3.18. The first-order chi connectivity index (χ1) is 14.2. The lowest BCUT2D eigenvalue weighted by molar-refractivity contribution is 0.0251. The van der Waals surface area contributed by atoms with Crippen molar-refractivity contribution in [3.63, 3.8) is 0 Å². The Kier molecular flexibility index (Phi) is 4.86. The van der Waals surface area contributed by atoms with E-state index in [9.17, 15) is 9.59 Å². The molecule has 4 heteroatoms. The Labute approximate surface area is 171 Å². The molecular weight excluding hydrogens is 362 g/mol. The lowest BCUT2D eigenvalue weighted by Gasteiger charge is -2.41. The normalized spacial score (nSPS) is 26.3. The molecule has 2 aromatic carbocycles. The van der Waals surface area contributed by atoms with Gasteiger partial charge < -0.3 is 9.64 Å². The van der Waals surface area contributed by atoms with Crippen LogP contribution in [0, 0.1) is 11.8 Å². The standard InChI is InChI=1S/C25H27NO3/c27-24(26-13-12-17-6-4-5-9-20(17)16-26)19-10-11-22-21(14-19)15-23(29-25(22)28)18-7-2-1-3-8-18/h1-3,7-8,10-11,14,17,20,23H,4-6,9,12-13,15-16H2/t17-,20+,23+/m1/s1. The molecule has 2 aliphatic heterocycles. The highest BCUT2D eigenvalue weighted by molar-refractivity contribution is 5.97. The summed E-state index contributed by atoms with van der Waals surface area (Å²) in [7, 11) is 0. The maximum atomic E-state index is 13.2. The second-order valence-corrected chi connectivity index (χ2v) is 8.73. The topological polar surface area (TPSA) is 46.6 Å². The number of hydrogen-bond acceptors (Lipinski definition) is 3. The van der Waals surface area contributed by atoms with Crippen LogP contribution in [-0.4, -0.2) is 29.9 Å². The zero-order chi connectivity index (χ0) is 19.8. The molecule has 0 spiro atoms. The van der Waals surface area contributed by atoms with Gasteiger partial charge in [-0.1, -0.05) is 49.6 Å². The quantitative estimate of drug-likeness (QED) is 0.694. The van der Waals surface area contributed by atoms with Gasteiger partial charge in [-0.05, 0) is 54.0 Å². The monoisotopic (exact) mass is 389 g/mol. The number of ether oxygens (including phenoxy) is 1. The Morgan fingerprint density at radius 1 is 0.966 bits per heavy atom. The molecule has 3 atom stereocenters. The van der Waals surface area contributed by atoms with Crippen molar-refractivity contribution in [2.75, 3.05) is 13.1 Å². The summed E-state index contributed by atoms with van der Waals surface area (Å²) in [6, 6.07) is 15.3. The molecule has 3 aliphatic rings. The largest absolute Gasteiger partial charge is 0.454 e. The van der Waals surface area contributed by atoms with Crippen LogP contribution in [-0.2, 0) is 11.2 Å². The number of benzene rings is 2. The van der Waals surface area contributed by atoms with E-state index < -0.39 is 0 Å². The SMILES string of the molecule is O=C1O[C@H](c2ccccc2)Cc2cc(C(=O)N3CC[C@H]4CCCC[C@H]4C3)ccc21. The maximum Gasteiger partial charge on any atom is 0.339 e. The Balaban J connectivity index is 1.36. The third kappa shape index (κ3) is 3.57. The van der Waals surface area contributed by atoms with Crippen LogP contribution in [0.4, 0.5) is 0 Å². The molecule has 2 fully saturated rings. The molecule has 0 N–H and O–H groups in total. The van der Waals surface area contributed by atoms with Gasteiger partial charge in [0.15, 0.2) is 0 Å². The maximum absolute atomic E-state index is 13.2. The number of nitrogens with zero attached hydrogens (tertiary/aromatic N) is 1. The van der Waals surface area contributed by atoms with Crippen molar-refractivity contribution >= 4 is 11.9 Å². The highest BCUT2D eigenvalue weighted by Gasteiger charge is 2.34. The molecule has 1 aliphatic carbocycles. The van der Waals surface area contributed by atoms with Crippen LogP contribution in [0.5, 0.6) is 0 Å². The molecule has 0 bridgehead atoms. The predicted molar refractivity (Wildman–Crippen MR) is 111 cm³/mol. The van der Waals surface area contributed by atoms with Crippen LogP contribution < -0.4 is 0 Å². The first-order valence-electron chi connectivity index (χ1n) is 10.9. The number of piperidine rings is 1. The van der Waals surface area contributed by atoms with Crippen LogP contribution in [0.2, 0.25) is 0 Å². The minimum Gasteiger partial charge on any atom is -0.454 e. The molecule has 29 heavy (non-hydrogen) atoms. The zero-order valence-electron chi connectivity index (χ0n) is 16.7. The van der Waals surface area contributed by atoms with Gasteiger partial charge in [-0.25, -0.2) is 4.79 Å². The Morgan fingerprint density at radius 2 is 1.76 bits per heavy atom. The summed E-state index contributed by atoms with van der Waals surface area (Å²) in [5, 5.41) is 0. The van der Waals surface area contributed by atoms with Crippen LogP contribution in [0.3, 0.4) is 0 Å². The second-order valence-electron chi connectivity index (χ2n) is 8.73. The smallest absolute Gasteiger partial charge is 0.339 e. The fourth-order valence-electron chi connectivity index (χ4n) is 5.35. The molecule has 2 heterocycles. The minimum absolute atomic E-state index is 0.104. The van der Waals surface area contributed by atoms with Gasteiger partial charge in [0.2, 0.25) is 0 Å². The summed E-state index contributed by atoms with van der Waals surface area (Å²) < 4.78 is 5.64. The van der Waals surface area contributed by atoms with E-state index in [0.29, 0.717) is 23.5 Å². The van der Waals surface area contributed by atoms with Gasteiger partial charge in [0.05, 0.1) is 5.56 Å². The summed E-state index contributed by atoms with van der Waals surface area (Å²) in [5.74, 6) is 1.27. The molecule has 1 saturated carbocycles. The van der Waals surface area contributed by atoms with Gasteiger partial charge in [0, 0.05) is 25.1 Å². The third-order valence-corrected chi connectivity index (χ3v) is 6.98. The van der Waals surface area contributed by atoms with E-state index in [1.807, 2.05) is 41.3 Å². The predicted octanol–water partition coefficient (Wildman–Crippen LogP) is 4.79. The molecule has 1 amide bonds. The first-order valence-corrected chi connectivity index (χ1v) is 10.9. The van der Waals surface area contributed by atoms with Gasteiger partial charge in [-0.3, -0.25) is 4.79 Å². The van der Waals surface area contributed by atoms with Crippen molar-refractivity contribution in [1.82, 2.24) is 4.90 Å². The average molecular weight is 389 g/mol. The van der Waals surface area contributed by atoms with Crippen molar-refractivity contribution in [1.29, 1.82) is 0 Å². The Hall–Kier alpha value is -2.62. The van der Waals surface area contributed by atoms with Crippen molar-refractivity contribution in [3.8, 4) is 0 Å². The average Bonchev–Trinajstić information content (AvgIpc) is 2.78. The van der Waals surface area contributed by atoms with E-state index in [-0.39, 0.29) is 18.0 Å². The van der Waals surface area contributed by atoms with Crippen LogP contribution in [0.25, 0.3) is 0 Å². The molecule has 1 saturated heterocycles. The lowest BCUT2D eigenvalue weighted by atomic mass is 9.75. The number of likely N-dealkylation sites (tertiary alicyclic amines) is 1. The van der Waals surface area contributed by atoms with Crippen molar-refractivity contribution in [2.45, 2.75) is 44.6 Å². The van der Waals surface area contributed by atoms with Crippen LogP contribution >= 0.6 is 0 Å². The van der Waals surface area contributed by atoms with Gasteiger partial charge in [0.1, 0.15) is 6.10 Å². The van der Waals surface area contributed by atoms with Crippen LogP contribution in [0.1, 0.15) is 70.1 Å². The summed E-state index contributed by atoms with van der Waals surface area (Å²) >= 11 is 0. The molecule has 0 unspecified atom stereocenters. The first kappa shape index (κ1) is 18.4. The number of carbonyl (C=O) groups is 2. The second kappa shape index (κ2) is 7.66. The van der Waals surface area contributed by atoms with Gasteiger partial charge in [-0.2, -0.15) is 0 Å². The number of esters is 1. The van der Waals surface area contributed by atoms with Crippen molar-refractivity contribution < 1.29 is 14.3 Å². The number of amides is 1. The van der Waals surface area contributed by atoms with Crippen molar-refractivity contribution in [2.24, 2.45) is 11.8 Å². The number of hydrogen-bond donors (Lipinski definition) is 0. The van der Waals surface area contributed by atoms with E-state index in [1.165, 1.54) is 25.7 Å². The fraction of sp³-hybridized carbons (Fsp3) is 0.440. The fourth-order valence-corrected chi connectivity index (χ4v) is 5.35. The van der Waals surface area contributed by atoms with E-state index in [1.54, 1.807) is 12.1 Å². The number of rotatable bonds is 2. The highest BCUT2D eigenvalue weighted by Crippen LogP contribution is 2.37. The summed E-state index contributed by atoms with van der Waals surface area (Å²) in [6.07, 6.45) is 6.67. The lowest BCUT2D eigenvalue weighted by Crippen LogP contribution is -2.44. The van der Waals surface area contributed by atoms with Crippen LogP contribution in [0.15, 0.2) is 48.5 Å². The molecule has 5 rings (SSSR count). The van der Waals surface area contributed by atoms with E-state index in [4.69, 9.17) is 4.74 Å². The summed E-state index contributed by atoms with van der Waals surface area (Å²) in [6.45, 7) is 1.74. The van der Waals surface area contributed by atoms with E-state index in [2.05, 4.69) is 0 Å². The zero-order valence-corrected chi connectivity index (χ0v) is 16.7. The molecule has 150 valence electrons.